The van der Waals surface area contributed by atoms with Crippen LogP contribution in [0.4, 0.5) is 8.78 Å². The van der Waals surface area contributed by atoms with E-state index in [2.05, 4.69) is 0 Å². The summed E-state index contributed by atoms with van der Waals surface area (Å²) in [5, 5.41) is 0. The van der Waals surface area contributed by atoms with Crippen molar-refractivity contribution in [2.24, 2.45) is 0 Å². The molecule has 2 atom stereocenters. The lowest BCUT2D eigenvalue weighted by molar-refractivity contribution is 0.0511. The van der Waals surface area contributed by atoms with Crippen LogP contribution in [-0.4, -0.2) is 13.2 Å². The molecule has 0 bridgehead atoms. The Morgan fingerprint density at radius 2 is 1.94 bits per heavy atom. The molecule has 1 aliphatic carbocycles. The third-order valence-electron chi connectivity index (χ3n) is 3.39. The lowest BCUT2D eigenvalue weighted by Gasteiger charge is -2.30. The van der Waals surface area contributed by atoms with Gasteiger partial charge in [0.25, 0.3) is 0 Å². The molecule has 1 nitrogen and oxygen atoms in total. The number of hydrogen-bond acceptors (Lipinski definition) is 1. The second-order valence-electron chi connectivity index (χ2n) is 4.31. The van der Waals surface area contributed by atoms with Crippen LogP contribution >= 0.6 is 0 Å². The van der Waals surface area contributed by atoms with Gasteiger partial charge in [0.05, 0.1) is 6.10 Å². The number of hydrogen-bond donors (Lipinski definition) is 0. The predicted molar refractivity (Wildman–Crippen MR) is 58.4 cm³/mol. The molecule has 0 aromatic heterocycles. The minimum absolute atomic E-state index is 0.00514. The van der Waals surface area contributed by atoms with E-state index >= 15 is 0 Å². The number of halogens is 2. The van der Waals surface area contributed by atoms with Gasteiger partial charge in [-0.25, -0.2) is 8.78 Å². The van der Waals surface area contributed by atoms with Gasteiger partial charge < -0.3 is 4.74 Å². The Balaban J connectivity index is 2.30. The summed E-state index contributed by atoms with van der Waals surface area (Å²) in [6, 6.07) is 4.39. The summed E-state index contributed by atoms with van der Waals surface area (Å²) in [6.07, 6.45) is 3.98. The molecule has 88 valence electrons. The fourth-order valence-electron chi connectivity index (χ4n) is 2.54. The molecule has 16 heavy (non-hydrogen) atoms. The summed E-state index contributed by atoms with van der Waals surface area (Å²) < 4.78 is 32.2. The zero-order chi connectivity index (χ0) is 11.5. The molecule has 2 rings (SSSR count). The monoisotopic (exact) mass is 226 g/mol. The molecular weight excluding hydrogens is 210 g/mol. The van der Waals surface area contributed by atoms with Crippen molar-refractivity contribution in [2.75, 3.05) is 7.11 Å². The summed E-state index contributed by atoms with van der Waals surface area (Å²) in [5.41, 5.74) is 0.464. The van der Waals surface area contributed by atoms with Gasteiger partial charge in [-0.3, -0.25) is 0 Å². The average Bonchev–Trinajstić information content (AvgIpc) is 2.33. The van der Waals surface area contributed by atoms with Gasteiger partial charge in [0.2, 0.25) is 0 Å². The van der Waals surface area contributed by atoms with Crippen molar-refractivity contribution in [3.63, 3.8) is 0 Å². The van der Waals surface area contributed by atoms with Crippen LogP contribution in [0.5, 0.6) is 0 Å². The molecule has 0 aliphatic heterocycles. The van der Waals surface area contributed by atoms with Crippen molar-refractivity contribution in [1.82, 2.24) is 0 Å². The molecule has 0 heterocycles. The van der Waals surface area contributed by atoms with E-state index in [9.17, 15) is 8.78 Å². The Kier molecular flexibility index (Phi) is 3.54. The van der Waals surface area contributed by atoms with E-state index in [0.29, 0.717) is 5.56 Å². The third-order valence-corrected chi connectivity index (χ3v) is 3.39. The molecule has 0 N–H and O–H groups in total. The van der Waals surface area contributed by atoms with E-state index in [0.717, 1.165) is 31.7 Å². The number of methoxy groups -OCH3 is 1. The summed E-state index contributed by atoms with van der Waals surface area (Å²) in [4.78, 5) is 0. The van der Waals surface area contributed by atoms with Crippen LogP contribution in [0.25, 0.3) is 0 Å². The van der Waals surface area contributed by atoms with Crippen molar-refractivity contribution >= 4 is 0 Å². The van der Waals surface area contributed by atoms with Gasteiger partial charge in [0, 0.05) is 13.0 Å². The van der Waals surface area contributed by atoms with Crippen LogP contribution in [0.3, 0.4) is 0 Å². The Morgan fingerprint density at radius 1 is 1.19 bits per heavy atom. The summed E-state index contributed by atoms with van der Waals surface area (Å²) in [5.74, 6) is -1.48. The maximum absolute atomic E-state index is 13.7. The Bertz CT molecular complexity index is 365. The lowest BCUT2D eigenvalue weighted by atomic mass is 9.81. The van der Waals surface area contributed by atoms with Crippen LogP contribution in [0, 0.1) is 11.6 Å². The van der Waals surface area contributed by atoms with E-state index in [1.54, 1.807) is 19.2 Å². The van der Waals surface area contributed by atoms with Crippen LogP contribution in [0.15, 0.2) is 18.2 Å². The Morgan fingerprint density at radius 3 is 2.69 bits per heavy atom. The molecule has 3 heteroatoms. The maximum Gasteiger partial charge on any atom is 0.162 e. The van der Waals surface area contributed by atoms with Gasteiger partial charge >= 0.3 is 0 Å². The topological polar surface area (TPSA) is 9.23 Å². The molecular formula is C13H16F2O. The van der Waals surface area contributed by atoms with Crippen molar-refractivity contribution in [2.45, 2.75) is 37.7 Å². The van der Waals surface area contributed by atoms with Crippen molar-refractivity contribution in [1.29, 1.82) is 0 Å². The second kappa shape index (κ2) is 4.91. The fraction of sp³-hybridized carbons (Fsp3) is 0.538. The highest BCUT2D eigenvalue weighted by Crippen LogP contribution is 2.36. The average molecular weight is 226 g/mol. The SMILES string of the molecule is CO[C@H]1CCCCC1c1cccc(F)c1F. The molecule has 1 aliphatic rings. The molecule has 1 aromatic carbocycles. The second-order valence-corrected chi connectivity index (χ2v) is 4.31. The zero-order valence-corrected chi connectivity index (χ0v) is 9.38. The van der Waals surface area contributed by atoms with E-state index in [4.69, 9.17) is 4.74 Å². The first kappa shape index (κ1) is 11.5. The maximum atomic E-state index is 13.7. The van der Waals surface area contributed by atoms with Crippen molar-refractivity contribution in [3.8, 4) is 0 Å². The zero-order valence-electron chi connectivity index (χ0n) is 9.38. The van der Waals surface area contributed by atoms with Gasteiger partial charge in [0.1, 0.15) is 0 Å². The Labute approximate surface area is 94.4 Å². The molecule has 1 saturated carbocycles. The standard InChI is InChI=1S/C13H16F2O/c1-16-12-8-3-2-5-9(12)10-6-4-7-11(14)13(10)15/h4,6-7,9,12H,2-3,5,8H2,1H3/t9?,12-/m0/s1. The molecule has 0 spiro atoms. The van der Waals surface area contributed by atoms with Gasteiger partial charge in [-0.15, -0.1) is 0 Å². The molecule has 1 aromatic rings. The predicted octanol–water partition coefficient (Wildman–Crippen LogP) is 3.64. The highest BCUT2D eigenvalue weighted by Gasteiger charge is 2.29. The quantitative estimate of drug-likeness (QED) is 0.748. The minimum Gasteiger partial charge on any atom is -0.381 e. The van der Waals surface area contributed by atoms with Gasteiger partial charge in [-0.2, -0.15) is 0 Å². The van der Waals surface area contributed by atoms with Crippen LogP contribution in [0.1, 0.15) is 37.2 Å². The lowest BCUT2D eigenvalue weighted by Crippen LogP contribution is -2.25. The summed E-state index contributed by atoms with van der Waals surface area (Å²) in [7, 11) is 1.64. The third kappa shape index (κ3) is 2.09. The minimum atomic E-state index is -0.766. The first-order chi connectivity index (χ1) is 7.74. The first-order valence-electron chi connectivity index (χ1n) is 5.70. The first-order valence-corrected chi connectivity index (χ1v) is 5.70. The smallest absolute Gasteiger partial charge is 0.162 e. The van der Waals surface area contributed by atoms with Crippen LogP contribution < -0.4 is 0 Å². The number of benzene rings is 1. The Hall–Kier alpha value is -0.960. The van der Waals surface area contributed by atoms with Gasteiger partial charge in [-0.05, 0) is 24.5 Å². The van der Waals surface area contributed by atoms with Crippen LogP contribution in [0.2, 0.25) is 0 Å². The van der Waals surface area contributed by atoms with Gasteiger partial charge in [-0.1, -0.05) is 25.0 Å². The van der Waals surface area contributed by atoms with Crippen molar-refractivity contribution in [3.05, 3.63) is 35.4 Å². The number of ether oxygens (including phenoxy) is 1. The van der Waals surface area contributed by atoms with Crippen LogP contribution in [-0.2, 0) is 4.74 Å². The van der Waals surface area contributed by atoms with E-state index in [1.807, 2.05) is 0 Å². The molecule has 1 fully saturated rings. The van der Waals surface area contributed by atoms with E-state index in [-0.39, 0.29) is 12.0 Å². The highest BCUT2D eigenvalue weighted by molar-refractivity contribution is 5.24. The number of rotatable bonds is 2. The van der Waals surface area contributed by atoms with E-state index < -0.39 is 11.6 Å². The highest BCUT2D eigenvalue weighted by atomic mass is 19.2. The van der Waals surface area contributed by atoms with Gasteiger partial charge in [0.15, 0.2) is 11.6 Å². The summed E-state index contributed by atoms with van der Waals surface area (Å²) >= 11 is 0. The largest absolute Gasteiger partial charge is 0.381 e. The molecule has 0 radical (unpaired) electrons. The van der Waals surface area contributed by atoms with E-state index in [1.165, 1.54) is 0 Å². The fourth-order valence-corrected chi connectivity index (χ4v) is 2.54. The summed E-state index contributed by atoms with van der Waals surface area (Å²) in [6.45, 7) is 0. The van der Waals surface area contributed by atoms with Crippen molar-refractivity contribution < 1.29 is 13.5 Å². The molecule has 0 saturated heterocycles. The normalized spacial score (nSPS) is 25.7. The molecule has 0 amide bonds. The molecule has 1 unspecified atom stereocenters.